The number of hydrogen-bond donors (Lipinski definition) is 1. The van der Waals surface area contributed by atoms with Gasteiger partial charge in [0.2, 0.25) is 5.91 Å². The maximum absolute atomic E-state index is 14.3. The fourth-order valence-corrected chi connectivity index (χ4v) is 4.63. The van der Waals surface area contributed by atoms with E-state index in [-0.39, 0.29) is 18.4 Å². The topological polar surface area (TPSA) is 76.5 Å². The van der Waals surface area contributed by atoms with Crippen molar-refractivity contribution in [3.63, 3.8) is 0 Å². The summed E-state index contributed by atoms with van der Waals surface area (Å²) < 4.78 is 21.1. The molecule has 0 radical (unpaired) electrons. The molecule has 0 spiro atoms. The van der Waals surface area contributed by atoms with E-state index in [1.54, 1.807) is 36.2 Å². The molecule has 1 fully saturated rings. The quantitative estimate of drug-likeness (QED) is 0.697. The van der Waals surface area contributed by atoms with E-state index in [1.165, 1.54) is 17.4 Å². The van der Waals surface area contributed by atoms with Gasteiger partial charge >= 0.3 is 0 Å². The standard InChI is InChI=1S/C23H29FN4O3/c1-31-13-12-27-11-10-21(26-27)25-22(29)20(14-16-6-3-2-4-7-16)28-15-18-17(23(28)30)8-5-9-19(18)24/h5,8-11,16,20H,2-4,6-7,12-15H2,1H3,(H,25,26,29). The van der Waals surface area contributed by atoms with Crippen LogP contribution in [0.25, 0.3) is 0 Å². The second kappa shape index (κ2) is 9.60. The monoisotopic (exact) mass is 428 g/mol. The first-order valence-corrected chi connectivity index (χ1v) is 11.0. The average molecular weight is 429 g/mol. The maximum atomic E-state index is 14.3. The molecule has 1 atom stereocenters. The van der Waals surface area contributed by atoms with Crippen molar-refractivity contribution in [2.24, 2.45) is 5.92 Å². The summed E-state index contributed by atoms with van der Waals surface area (Å²) in [6.07, 6.45) is 7.97. The molecule has 2 aromatic rings. The lowest BCUT2D eigenvalue weighted by molar-refractivity contribution is -0.121. The summed E-state index contributed by atoms with van der Waals surface area (Å²) in [6, 6.07) is 5.60. The van der Waals surface area contributed by atoms with Crippen LogP contribution in [0.4, 0.5) is 10.2 Å². The van der Waals surface area contributed by atoms with Crippen LogP contribution in [0.2, 0.25) is 0 Å². The number of rotatable bonds is 8. The lowest BCUT2D eigenvalue weighted by Crippen LogP contribution is -2.45. The molecular formula is C23H29FN4O3. The number of methoxy groups -OCH3 is 1. The third kappa shape index (κ3) is 4.79. The Labute approximate surface area is 181 Å². The Bertz CT molecular complexity index is 939. The number of halogens is 1. The van der Waals surface area contributed by atoms with Crippen molar-refractivity contribution in [2.75, 3.05) is 19.0 Å². The lowest BCUT2D eigenvalue weighted by Gasteiger charge is -2.31. The third-order valence-electron chi connectivity index (χ3n) is 6.32. The van der Waals surface area contributed by atoms with Crippen LogP contribution in [0.5, 0.6) is 0 Å². The molecule has 2 heterocycles. The molecule has 2 aliphatic rings. The molecule has 1 aromatic heterocycles. The highest BCUT2D eigenvalue weighted by Gasteiger charge is 2.39. The summed E-state index contributed by atoms with van der Waals surface area (Å²) >= 11 is 0. The fourth-order valence-electron chi connectivity index (χ4n) is 4.63. The maximum Gasteiger partial charge on any atom is 0.255 e. The first kappa shape index (κ1) is 21.5. The number of anilines is 1. The number of carbonyl (C=O) groups excluding carboxylic acids is 2. The van der Waals surface area contributed by atoms with Gasteiger partial charge in [0.1, 0.15) is 11.9 Å². The van der Waals surface area contributed by atoms with Gasteiger partial charge in [0.15, 0.2) is 5.82 Å². The molecule has 1 N–H and O–H groups in total. The van der Waals surface area contributed by atoms with E-state index >= 15 is 0 Å². The number of hydrogen-bond acceptors (Lipinski definition) is 4. The minimum atomic E-state index is -0.661. The van der Waals surface area contributed by atoms with Gasteiger partial charge in [0, 0.05) is 30.5 Å². The molecule has 8 heteroatoms. The van der Waals surface area contributed by atoms with E-state index in [0.717, 1.165) is 25.7 Å². The number of amides is 2. The summed E-state index contributed by atoms with van der Waals surface area (Å²) in [5, 5.41) is 7.23. The second-order valence-electron chi connectivity index (χ2n) is 8.40. The highest BCUT2D eigenvalue weighted by Crippen LogP contribution is 2.33. The van der Waals surface area contributed by atoms with Gasteiger partial charge in [0.25, 0.3) is 5.91 Å². The van der Waals surface area contributed by atoms with Crippen LogP contribution in [0.15, 0.2) is 30.5 Å². The molecule has 1 aliphatic carbocycles. The molecule has 31 heavy (non-hydrogen) atoms. The van der Waals surface area contributed by atoms with Gasteiger partial charge in [-0.1, -0.05) is 38.2 Å². The predicted molar refractivity (Wildman–Crippen MR) is 114 cm³/mol. The van der Waals surface area contributed by atoms with Crippen LogP contribution < -0.4 is 5.32 Å². The van der Waals surface area contributed by atoms with Gasteiger partial charge in [-0.25, -0.2) is 4.39 Å². The Morgan fingerprint density at radius 1 is 1.29 bits per heavy atom. The van der Waals surface area contributed by atoms with Gasteiger partial charge in [-0.05, 0) is 24.5 Å². The molecule has 1 unspecified atom stereocenters. The predicted octanol–water partition coefficient (Wildman–Crippen LogP) is 3.60. The molecule has 2 amide bonds. The number of nitrogens with one attached hydrogen (secondary N) is 1. The number of nitrogens with zero attached hydrogens (tertiary/aromatic N) is 3. The number of benzene rings is 1. The van der Waals surface area contributed by atoms with Gasteiger partial charge < -0.3 is 15.0 Å². The van der Waals surface area contributed by atoms with Crippen molar-refractivity contribution in [3.05, 3.63) is 47.4 Å². The number of fused-ring (bicyclic) bond motifs is 1. The summed E-state index contributed by atoms with van der Waals surface area (Å²) in [5.41, 5.74) is 0.725. The van der Waals surface area contributed by atoms with Crippen LogP contribution in [-0.2, 0) is 22.6 Å². The van der Waals surface area contributed by atoms with Gasteiger partial charge in [-0.2, -0.15) is 5.10 Å². The van der Waals surface area contributed by atoms with E-state index in [1.807, 2.05) is 0 Å². The minimum Gasteiger partial charge on any atom is -0.383 e. The second-order valence-corrected chi connectivity index (χ2v) is 8.40. The smallest absolute Gasteiger partial charge is 0.255 e. The van der Waals surface area contributed by atoms with E-state index in [0.29, 0.717) is 42.4 Å². The molecule has 4 rings (SSSR count). The number of ether oxygens (including phenoxy) is 1. The van der Waals surface area contributed by atoms with Crippen molar-refractivity contribution < 1.29 is 18.7 Å². The Morgan fingerprint density at radius 2 is 2.10 bits per heavy atom. The third-order valence-corrected chi connectivity index (χ3v) is 6.32. The Kier molecular flexibility index (Phi) is 6.65. The SMILES string of the molecule is COCCn1ccc(NC(=O)C(CC2CCCCC2)N2Cc3c(F)cccc3C2=O)n1. The molecule has 1 aliphatic heterocycles. The van der Waals surface area contributed by atoms with Crippen LogP contribution in [0.3, 0.4) is 0 Å². The Hall–Kier alpha value is -2.74. The largest absolute Gasteiger partial charge is 0.383 e. The zero-order valence-corrected chi connectivity index (χ0v) is 17.8. The van der Waals surface area contributed by atoms with Crippen molar-refractivity contribution >= 4 is 17.6 Å². The number of aromatic nitrogens is 2. The molecule has 0 saturated heterocycles. The molecule has 1 saturated carbocycles. The normalized spacial score (nSPS) is 17.6. The zero-order valence-electron chi connectivity index (χ0n) is 17.8. The molecule has 1 aromatic carbocycles. The van der Waals surface area contributed by atoms with E-state index < -0.39 is 11.9 Å². The first-order chi connectivity index (χ1) is 15.1. The van der Waals surface area contributed by atoms with Crippen LogP contribution in [0.1, 0.15) is 54.4 Å². The summed E-state index contributed by atoms with van der Waals surface area (Å²) in [5.74, 6) is -0.141. The van der Waals surface area contributed by atoms with Crippen molar-refractivity contribution in [1.82, 2.24) is 14.7 Å². The van der Waals surface area contributed by atoms with Gasteiger partial charge in [-0.15, -0.1) is 0 Å². The summed E-state index contributed by atoms with van der Waals surface area (Å²) in [7, 11) is 1.62. The fraction of sp³-hybridized carbons (Fsp3) is 0.522. The van der Waals surface area contributed by atoms with E-state index in [2.05, 4.69) is 10.4 Å². The van der Waals surface area contributed by atoms with Crippen molar-refractivity contribution in [3.8, 4) is 0 Å². The zero-order chi connectivity index (χ0) is 21.8. The molecule has 0 bridgehead atoms. The van der Waals surface area contributed by atoms with E-state index in [4.69, 9.17) is 4.74 Å². The highest BCUT2D eigenvalue weighted by atomic mass is 19.1. The highest BCUT2D eigenvalue weighted by molar-refractivity contribution is 6.03. The lowest BCUT2D eigenvalue weighted by atomic mass is 9.84. The van der Waals surface area contributed by atoms with Gasteiger partial charge in [0.05, 0.1) is 19.7 Å². The van der Waals surface area contributed by atoms with E-state index in [9.17, 15) is 14.0 Å². The van der Waals surface area contributed by atoms with Crippen LogP contribution >= 0.6 is 0 Å². The first-order valence-electron chi connectivity index (χ1n) is 11.0. The van der Waals surface area contributed by atoms with Crippen LogP contribution in [-0.4, -0.2) is 46.3 Å². The Morgan fingerprint density at radius 3 is 2.84 bits per heavy atom. The molecular weight excluding hydrogens is 399 g/mol. The molecule has 7 nitrogen and oxygen atoms in total. The van der Waals surface area contributed by atoms with Gasteiger partial charge in [-0.3, -0.25) is 14.3 Å². The Balaban J connectivity index is 1.53. The summed E-state index contributed by atoms with van der Waals surface area (Å²) in [4.78, 5) is 27.9. The molecule has 166 valence electrons. The van der Waals surface area contributed by atoms with Crippen molar-refractivity contribution in [2.45, 2.75) is 57.7 Å². The summed E-state index contributed by atoms with van der Waals surface area (Å²) in [6.45, 7) is 1.22. The number of carbonyl (C=O) groups is 2. The average Bonchev–Trinajstić information content (AvgIpc) is 3.36. The van der Waals surface area contributed by atoms with Crippen molar-refractivity contribution in [1.29, 1.82) is 0 Å². The minimum absolute atomic E-state index is 0.119. The van der Waals surface area contributed by atoms with Crippen LogP contribution in [0, 0.1) is 11.7 Å².